The summed E-state index contributed by atoms with van der Waals surface area (Å²) in [5, 5.41) is 3.50. The van der Waals surface area contributed by atoms with Crippen LogP contribution in [0.25, 0.3) is 0 Å². The maximum absolute atomic E-state index is 13.4. The summed E-state index contributed by atoms with van der Waals surface area (Å²) in [4.78, 5) is 13.4. The van der Waals surface area contributed by atoms with Crippen molar-refractivity contribution in [2.45, 2.75) is 70.3 Å². The van der Waals surface area contributed by atoms with Crippen LogP contribution in [0.4, 0.5) is 0 Å². The highest BCUT2D eigenvalue weighted by molar-refractivity contribution is 5.78. The lowest BCUT2D eigenvalue weighted by molar-refractivity contribution is -0.180. The third-order valence-corrected chi connectivity index (χ3v) is 7.32. The second-order valence-corrected chi connectivity index (χ2v) is 8.66. The van der Waals surface area contributed by atoms with Gasteiger partial charge in [0.25, 0.3) is 0 Å². The number of hydrogen-bond donors (Lipinski definition) is 1. The monoisotopic (exact) mass is 343 g/mol. The van der Waals surface area contributed by atoms with Crippen molar-refractivity contribution in [3.8, 4) is 0 Å². The van der Waals surface area contributed by atoms with Crippen LogP contribution in [0.3, 0.4) is 0 Å². The summed E-state index contributed by atoms with van der Waals surface area (Å²) in [7, 11) is 0. The van der Waals surface area contributed by atoms with E-state index in [1.807, 2.05) is 0 Å². The van der Waals surface area contributed by atoms with Gasteiger partial charge in [0.2, 0.25) is 0 Å². The Morgan fingerprint density at radius 1 is 1.04 bits per heavy atom. The molecule has 138 valence electrons. The van der Waals surface area contributed by atoms with Gasteiger partial charge < -0.3 is 10.1 Å². The number of ether oxygens (including phenoxy) is 1. The lowest BCUT2D eigenvalue weighted by atomic mass is 9.66. The number of fused-ring (bicyclic) bond motifs is 1. The van der Waals surface area contributed by atoms with Gasteiger partial charge in [0.05, 0.1) is 5.41 Å². The SMILES string of the molecule is O=C(O[C@H]1CC2CCNCCC21)C1(C2C=CC=CC2)CCCCCC1. The highest BCUT2D eigenvalue weighted by Crippen LogP contribution is 2.48. The molecule has 1 saturated heterocycles. The number of carbonyl (C=O) groups is 1. The zero-order valence-electron chi connectivity index (χ0n) is 15.4. The molecule has 3 aliphatic carbocycles. The third kappa shape index (κ3) is 3.45. The van der Waals surface area contributed by atoms with Gasteiger partial charge in [-0.1, -0.05) is 50.0 Å². The van der Waals surface area contributed by atoms with Crippen LogP contribution in [0.1, 0.15) is 64.2 Å². The van der Waals surface area contributed by atoms with Crippen molar-refractivity contribution in [1.82, 2.24) is 5.32 Å². The molecular formula is C22H33NO2. The van der Waals surface area contributed by atoms with Gasteiger partial charge >= 0.3 is 5.97 Å². The Morgan fingerprint density at radius 3 is 2.60 bits per heavy atom. The Hall–Kier alpha value is -1.09. The zero-order chi connectivity index (χ0) is 17.1. The first-order chi connectivity index (χ1) is 12.3. The molecule has 0 spiro atoms. The molecule has 1 heterocycles. The van der Waals surface area contributed by atoms with Crippen molar-refractivity contribution in [3.63, 3.8) is 0 Å². The molecule has 25 heavy (non-hydrogen) atoms. The average molecular weight is 344 g/mol. The number of carbonyl (C=O) groups excluding carboxylic acids is 1. The van der Waals surface area contributed by atoms with E-state index in [0.717, 1.165) is 44.7 Å². The molecule has 0 aromatic heterocycles. The fourth-order valence-corrected chi connectivity index (χ4v) is 5.66. The van der Waals surface area contributed by atoms with Crippen LogP contribution in [-0.2, 0) is 9.53 Å². The van der Waals surface area contributed by atoms with Crippen LogP contribution < -0.4 is 5.32 Å². The summed E-state index contributed by atoms with van der Waals surface area (Å²) >= 11 is 0. The van der Waals surface area contributed by atoms with Gasteiger partial charge in [-0.25, -0.2) is 0 Å². The van der Waals surface area contributed by atoms with Gasteiger partial charge in [0.15, 0.2) is 0 Å². The lowest BCUT2D eigenvalue weighted by Gasteiger charge is -2.46. The molecule has 4 rings (SSSR count). The molecule has 3 heteroatoms. The van der Waals surface area contributed by atoms with Gasteiger partial charge in [0, 0.05) is 5.92 Å². The molecule has 4 aliphatic rings. The minimum atomic E-state index is -0.272. The molecule has 0 bridgehead atoms. The number of esters is 1. The quantitative estimate of drug-likeness (QED) is 0.610. The number of nitrogens with one attached hydrogen (secondary N) is 1. The fourth-order valence-electron chi connectivity index (χ4n) is 5.66. The Labute approximate surface area is 152 Å². The highest BCUT2D eigenvalue weighted by atomic mass is 16.5. The standard InChI is InChI=1S/C22H33NO2/c24-21(25-20-16-17-10-14-23-15-11-19(17)20)22(12-6-1-2-7-13-22)18-8-4-3-5-9-18/h3-5,8,17-20,23H,1-2,6-7,9-16H2/t17?,18?,19?,20-/m0/s1. The predicted molar refractivity (Wildman–Crippen MR) is 100 cm³/mol. The molecule has 1 aliphatic heterocycles. The van der Waals surface area contributed by atoms with E-state index in [2.05, 4.69) is 29.6 Å². The second-order valence-electron chi connectivity index (χ2n) is 8.66. The fraction of sp³-hybridized carbons (Fsp3) is 0.773. The smallest absolute Gasteiger partial charge is 0.312 e. The van der Waals surface area contributed by atoms with Crippen molar-refractivity contribution >= 4 is 5.97 Å². The van der Waals surface area contributed by atoms with Gasteiger partial charge in [-0.2, -0.15) is 0 Å². The zero-order valence-corrected chi connectivity index (χ0v) is 15.4. The van der Waals surface area contributed by atoms with Gasteiger partial charge in [-0.3, -0.25) is 4.79 Å². The Balaban J connectivity index is 1.48. The van der Waals surface area contributed by atoms with Crippen molar-refractivity contribution in [2.24, 2.45) is 23.2 Å². The van der Waals surface area contributed by atoms with Gasteiger partial charge in [-0.05, 0) is 63.5 Å². The van der Waals surface area contributed by atoms with Crippen LogP contribution >= 0.6 is 0 Å². The van der Waals surface area contributed by atoms with Crippen LogP contribution in [0, 0.1) is 23.2 Å². The minimum Gasteiger partial charge on any atom is -0.462 e. The highest BCUT2D eigenvalue weighted by Gasteiger charge is 2.49. The Kier molecular flexibility index (Phi) is 5.30. The molecule has 0 radical (unpaired) electrons. The molecule has 3 fully saturated rings. The van der Waals surface area contributed by atoms with E-state index in [4.69, 9.17) is 4.74 Å². The molecular weight excluding hydrogens is 310 g/mol. The Bertz CT molecular complexity index is 530. The molecule has 4 atom stereocenters. The Morgan fingerprint density at radius 2 is 1.84 bits per heavy atom. The first-order valence-corrected chi connectivity index (χ1v) is 10.5. The molecule has 3 unspecified atom stereocenters. The topological polar surface area (TPSA) is 38.3 Å². The summed E-state index contributed by atoms with van der Waals surface area (Å²) in [5.41, 5.74) is -0.272. The van der Waals surface area contributed by atoms with Crippen LogP contribution in [-0.4, -0.2) is 25.2 Å². The molecule has 3 nitrogen and oxygen atoms in total. The van der Waals surface area contributed by atoms with Crippen molar-refractivity contribution < 1.29 is 9.53 Å². The third-order valence-electron chi connectivity index (χ3n) is 7.32. The van der Waals surface area contributed by atoms with Gasteiger partial charge in [-0.15, -0.1) is 0 Å². The van der Waals surface area contributed by atoms with E-state index in [-0.39, 0.29) is 17.5 Å². The summed E-state index contributed by atoms with van der Waals surface area (Å²) < 4.78 is 6.24. The number of allylic oxidation sites excluding steroid dienone is 4. The number of hydrogen-bond acceptors (Lipinski definition) is 3. The predicted octanol–water partition coefficient (Wildman–Crippen LogP) is 4.39. The largest absolute Gasteiger partial charge is 0.462 e. The molecule has 2 saturated carbocycles. The average Bonchev–Trinajstić information content (AvgIpc) is 2.99. The van der Waals surface area contributed by atoms with Crippen LogP contribution in [0.2, 0.25) is 0 Å². The lowest BCUT2D eigenvalue weighted by Crippen LogP contribution is -2.48. The summed E-state index contributed by atoms with van der Waals surface area (Å²) in [6.07, 6.45) is 20.3. The van der Waals surface area contributed by atoms with Crippen molar-refractivity contribution in [3.05, 3.63) is 24.3 Å². The molecule has 0 amide bonds. The number of rotatable bonds is 3. The first-order valence-electron chi connectivity index (χ1n) is 10.5. The second kappa shape index (κ2) is 7.65. The van der Waals surface area contributed by atoms with Gasteiger partial charge in [0.1, 0.15) is 6.10 Å². The first kappa shape index (κ1) is 17.3. The molecule has 0 aromatic rings. The van der Waals surface area contributed by atoms with Crippen LogP contribution in [0.5, 0.6) is 0 Å². The van der Waals surface area contributed by atoms with E-state index < -0.39 is 0 Å². The van der Waals surface area contributed by atoms with E-state index in [9.17, 15) is 4.79 Å². The van der Waals surface area contributed by atoms with E-state index in [0.29, 0.717) is 11.8 Å². The van der Waals surface area contributed by atoms with Crippen molar-refractivity contribution in [2.75, 3.05) is 13.1 Å². The van der Waals surface area contributed by atoms with E-state index >= 15 is 0 Å². The van der Waals surface area contributed by atoms with Crippen molar-refractivity contribution in [1.29, 1.82) is 0 Å². The molecule has 1 N–H and O–H groups in total. The summed E-state index contributed by atoms with van der Waals surface area (Å²) in [6.45, 7) is 2.21. The molecule has 0 aromatic carbocycles. The maximum atomic E-state index is 13.4. The summed E-state index contributed by atoms with van der Waals surface area (Å²) in [5.74, 6) is 1.83. The van der Waals surface area contributed by atoms with E-state index in [1.165, 1.54) is 38.5 Å². The van der Waals surface area contributed by atoms with Crippen LogP contribution in [0.15, 0.2) is 24.3 Å². The normalized spacial score (nSPS) is 37.3. The maximum Gasteiger partial charge on any atom is 0.312 e. The summed E-state index contributed by atoms with van der Waals surface area (Å²) in [6, 6.07) is 0. The minimum absolute atomic E-state index is 0.125. The van der Waals surface area contributed by atoms with E-state index in [1.54, 1.807) is 0 Å².